The Morgan fingerprint density at radius 2 is 2.07 bits per heavy atom. The van der Waals surface area contributed by atoms with Gasteiger partial charge in [0.2, 0.25) is 5.88 Å². The summed E-state index contributed by atoms with van der Waals surface area (Å²) in [6.45, 7) is 0.305. The number of nitrogens with one attached hydrogen (secondary N) is 2. The minimum Gasteiger partial charge on any atom is -0.439 e. The standard InChI is InChI=1S/C18H16BrN5O2S/c19-12-2-6-14(7-3-12)26-16-8-1-11(9-20-16)17(25)21-10-15-22-23-18(27)24(15)13-4-5-13/h1-3,6-9,13H,4-5,10H2,(H,21,25)(H,23,27). The highest BCUT2D eigenvalue weighted by atomic mass is 79.9. The highest BCUT2D eigenvalue weighted by Crippen LogP contribution is 2.35. The molecule has 7 nitrogen and oxygen atoms in total. The maximum absolute atomic E-state index is 12.4. The van der Waals surface area contributed by atoms with E-state index in [2.05, 4.69) is 36.4 Å². The van der Waals surface area contributed by atoms with Crippen LogP contribution in [0.15, 0.2) is 47.1 Å². The second-order valence-electron chi connectivity index (χ2n) is 6.17. The minimum atomic E-state index is -0.228. The van der Waals surface area contributed by atoms with Gasteiger partial charge in [-0.15, -0.1) is 0 Å². The van der Waals surface area contributed by atoms with Crippen molar-refractivity contribution in [2.24, 2.45) is 0 Å². The molecule has 0 unspecified atom stereocenters. The largest absolute Gasteiger partial charge is 0.439 e. The summed E-state index contributed by atoms with van der Waals surface area (Å²) < 4.78 is 9.20. The van der Waals surface area contributed by atoms with E-state index >= 15 is 0 Å². The maximum Gasteiger partial charge on any atom is 0.253 e. The molecule has 4 rings (SSSR count). The summed E-state index contributed by atoms with van der Waals surface area (Å²) in [5.74, 6) is 1.60. The second kappa shape index (κ2) is 7.61. The number of hydrogen-bond donors (Lipinski definition) is 2. The van der Waals surface area contributed by atoms with Crippen molar-refractivity contribution >= 4 is 34.1 Å². The monoisotopic (exact) mass is 445 g/mol. The predicted molar refractivity (Wildman–Crippen MR) is 105 cm³/mol. The van der Waals surface area contributed by atoms with Crippen LogP contribution in [-0.2, 0) is 6.54 Å². The lowest BCUT2D eigenvalue weighted by Gasteiger charge is -2.08. The van der Waals surface area contributed by atoms with Gasteiger partial charge in [-0.3, -0.25) is 14.5 Å². The molecule has 138 valence electrons. The number of nitrogens with zero attached hydrogens (tertiary/aromatic N) is 3. The van der Waals surface area contributed by atoms with Crippen molar-refractivity contribution in [2.75, 3.05) is 0 Å². The fourth-order valence-corrected chi connectivity index (χ4v) is 3.20. The van der Waals surface area contributed by atoms with E-state index in [0.29, 0.717) is 34.6 Å². The fraction of sp³-hybridized carbons (Fsp3) is 0.222. The van der Waals surface area contributed by atoms with Crippen LogP contribution < -0.4 is 10.1 Å². The minimum absolute atomic E-state index is 0.228. The van der Waals surface area contributed by atoms with Crippen LogP contribution in [0.4, 0.5) is 0 Å². The highest BCUT2D eigenvalue weighted by Gasteiger charge is 2.27. The van der Waals surface area contributed by atoms with Gasteiger partial charge in [-0.1, -0.05) is 15.9 Å². The lowest BCUT2D eigenvalue weighted by molar-refractivity contribution is 0.0949. The Morgan fingerprint density at radius 1 is 1.30 bits per heavy atom. The lowest BCUT2D eigenvalue weighted by atomic mass is 10.2. The molecule has 1 saturated carbocycles. The number of hydrogen-bond acceptors (Lipinski definition) is 5. The van der Waals surface area contributed by atoms with Crippen LogP contribution >= 0.6 is 28.1 Å². The molecule has 2 aromatic heterocycles. The average molecular weight is 446 g/mol. The number of aromatic nitrogens is 4. The van der Waals surface area contributed by atoms with E-state index in [1.54, 1.807) is 12.1 Å². The summed E-state index contributed by atoms with van der Waals surface area (Å²) in [5, 5.41) is 9.84. The number of carbonyl (C=O) groups is 1. The van der Waals surface area contributed by atoms with Gasteiger partial charge in [-0.2, -0.15) is 5.10 Å². The smallest absolute Gasteiger partial charge is 0.253 e. The number of H-pyrrole nitrogens is 1. The van der Waals surface area contributed by atoms with Gasteiger partial charge in [-0.05, 0) is 55.4 Å². The Hall–Kier alpha value is -2.52. The third-order valence-corrected chi connectivity index (χ3v) is 4.95. The molecule has 1 aromatic carbocycles. The molecule has 3 aromatic rings. The van der Waals surface area contributed by atoms with E-state index in [4.69, 9.17) is 17.0 Å². The number of pyridine rings is 1. The van der Waals surface area contributed by atoms with Crippen LogP contribution in [0, 0.1) is 4.77 Å². The number of benzene rings is 1. The molecule has 0 spiro atoms. The Kier molecular flexibility index (Phi) is 5.04. The number of carbonyl (C=O) groups excluding carboxylic acids is 1. The third kappa shape index (κ3) is 4.25. The SMILES string of the molecule is O=C(NCc1n[nH]c(=S)n1C1CC1)c1ccc(Oc2ccc(Br)cc2)nc1. The van der Waals surface area contributed by atoms with Crippen molar-refractivity contribution in [1.82, 2.24) is 25.1 Å². The van der Waals surface area contributed by atoms with Gasteiger partial charge in [0.15, 0.2) is 10.6 Å². The van der Waals surface area contributed by atoms with Gasteiger partial charge in [-0.25, -0.2) is 4.98 Å². The van der Waals surface area contributed by atoms with Gasteiger partial charge in [0, 0.05) is 22.8 Å². The number of aromatic amines is 1. The Morgan fingerprint density at radius 3 is 2.74 bits per heavy atom. The first-order valence-corrected chi connectivity index (χ1v) is 9.64. The molecule has 0 saturated heterocycles. The molecule has 0 bridgehead atoms. The van der Waals surface area contributed by atoms with Crippen molar-refractivity contribution in [3.63, 3.8) is 0 Å². The van der Waals surface area contributed by atoms with Gasteiger partial charge < -0.3 is 10.1 Å². The number of halogens is 1. The first kappa shape index (κ1) is 17.9. The Labute approximate surface area is 168 Å². The normalized spacial score (nSPS) is 13.4. The Bertz CT molecular complexity index is 1010. The van der Waals surface area contributed by atoms with Crippen LogP contribution in [0.1, 0.15) is 35.1 Å². The molecule has 0 atom stereocenters. The Balaban J connectivity index is 1.38. The van der Waals surface area contributed by atoms with E-state index in [-0.39, 0.29) is 5.91 Å². The van der Waals surface area contributed by atoms with Crippen molar-refractivity contribution < 1.29 is 9.53 Å². The molecular weight excluding hydrogens is 430 g/mol. The molecule has 1 aliphatic carbocycles. The zero-order valence-electron chi connectivity index (χ0n) is 14.2. The quantitative estimate of drug-likeness (QED) is 0.556. The third-order valence-electron chi connectivity index (χ3n) is 4.13. The van der Waals surface area contributed by atoms with Crippen LogP contribution in [0.3, 0.4) is 0 Å². The van der Waals surface area contributed by atoms with Crippen LogP contribution in [0.5, 0.6) is 11.6 Å². The predicted octanol–water partition coefficient (Wildman–Crippen LogP) is 4.16. The number of amides is 1. The zero-order chi connectivity index (χ0) is 18.8. The first-order chi connectivity index (χ1) is 13.1. The summed E-state index contributed by atoms with van der Waals surface area (Å²) in [7, 11) is 0. The molecule has 9 heteroatoms. The summed E-state index contributed by atoms with van der Waals surface area (Å²) >= 11 is 8.62. The van der Waals surface area contributed by atoms with E-state index in [9.17, 15) is 4.79 Å². The molecule has 2 N–H and O–H groups in total. The van der Waals surface area contributed by atoms with Crippen molar-refractivity contribution in [3.05, 3.63) is 63.2 Å². The topological polar surface area (TPSA) is 84.8 Å². The summed E-state index contributed by atoms with van der Waals surface area (Å²) in [6.07, 6.45) is 3.68. The van der Waals surface area contributed by atoms with E-state index in [0.717, 1.165) is 23.1 Å². The molecule has 1 aliphatic rings. The van der Waals surface area contributed by atoms with E-state index in [1.165, 1.54) is 6.20 Å². The van der Waals surface area contributed by atoms with Crippen molar-refractivity contribution in [2.45, 2.75) is 25.4 Å². The van der Waals surface area contributed by atoms with Gasteiger partial charge in [0.1, 0.15) is 5.75 Å². The van der Waals surface area contributed by atoms with Crippen LogP contribution in [-0.4, -0.2) is 25.7 Å². The molecule has 2 heterocycles. The van der Waals surface area contributed by atoms with Gasteiger partial charge >= 0.3 is 0 Å². The summed E-state index contributed by atoms with van der Waals surface area (Å²) in [5.41, 5.74) is 0.449. The average Bonchev–Trinajstić information content (AvgIpc) is 3.44. The maximum atomic E-state index is 12.4. The summed E-state index contributed by atoms with van der Waals surface area (Å²) in [6, 6.07) is 11.2. The molecule has 27 heavy (non-hydrogen) atoms. The molecule has 0 radical (unpaired) electrons. The van der Waals surface area contributed by atoms with E-state index in [1.807, 2.05) is 28.8 Å². The zero-order valence-corrected chi connectivity index (χ0v) is 16.6. The van der Waals surface area contributed by atoms with Gasteiger partial charge in [0.05, 0.1) is 12.1 Å². The van der Waals surface area contributed by atoms with Crippen LogP contribution in [0.25, 0.3) is 0 Å². The summed E-state index contributed by atoms with van der Waals surface area (Å²) in [4.78, 5) is 16.6. The highest BCUT2D eigenvalue weighted by molar-refractivity contribution is 9.10. The van der Waals surface area contributed by atoms with Crippen LogP contribution in [0.2, 0.25) is 0 Å². The molecule has 1 fully saturated rings. The first-order valence-electron chi connectivity index (χ1n) is 8.43. The lowest BCUT2D eigenvalue weighted by Crippen LogP contribution is -2.24. The molecule has 1 amide bonds. The molecule has 0 aliphatic heterocycles. The van der Waals surface area contributed by atoms with Crippen molar-refractivity contribution in [3.8, 4) is 11.6 Å². The molecular formula is C18H16BrN5O2S. The second-order valence-corrected chi connectivity index (χ2v) is 7.47. The van der Waals surface area contributed by atoms with Gasteiger partial charge in [0.25, 0.3) is 5.91 Å². The number of rotatable bonds is 6. The number of ether oxygens (including phenoxy) is 1. The van der Waals surface area contributed by atoms with E-state index < -0.39 is 0 Å². The fourth-order valence-electron chi connectivity index (χ4n) is 2.63. The van der Waals surface area contributed by atoms with Crippen molar-refractivity contribution in [1.29, 1.82) is 0 Å².